The summed E-state index contributed by atoms with van der Waals surface area (Å²) in [6.07, 6.45) is 2.73. The van der Waals surface area contributed by atoms with Gasteiger partial charge in [0.1, 0.15) is 0 Å². The molecular formula is C13H22N2O3. The Hall–Kier alpha value is -1.52. The summed E-state index contributed by atoms with van der Waals surface area (Å²) in [6.45, 7) is 9.49. The summed E-state index contributed by atoms with van der Waals surface area (Å²) >= 11 is 0. The molecule has 5 nitrogen and oxygen atoms in total. The summed E-state index contributed by atoms with van der Waals surface area (Å²) in [5.74, 6) is -0.770. The number of piperidine rings is 1. The van der Waals surface area contributed by atoms with Crippen LogP contribution in [0.3, 0.4) is 0 Å². The molecule has 102 valence electrons. The first kappa shape index (κ1) is 14.5. The van der Waals surface area contributed by atoms with Crippen LogP contribution in [0.5, 0.6) is 0 Å². The summed E-state index contributed by atoms with van der Waals surface area (Å²) in [5, 5.41) is 9.13. The van der Waals surface area contributed by atoms with Gasteiger partial charge in [0.15, 0.2) is 0 Å². The second-order valence-electron chi connectivity index (χ2n) is 4.96. The predicted octanol–water partition coefficient (Wildman–Crippen LogP) is 1.80. The molecule has 0 spiro atoms. The third kappa shape index (κ3) is 3.03. The summed E-state index contributed by atoms with van der Waals surface area (Å²) in [4.78, 5) is 26.7. The lowest BCUT2D eigenvalue weighted by Gasteiger charge is -2.38. The van der Waals surface area contributed by atoms with Crippen LogP contribution >= 0.6 is 0 Å². The van der Waals surface area contributed by atoms with Crippen molar-refractivity contribution in [1.29, 1.82) is 0 Å². The second kappa shape index (κ2) is 5.89. The Labute approximate surface area is 108 Å². The van der Waals surface area contributed by atoms with E-state index >= 15 is 0 Å². The Kier molecular flexibility index (Phi) is 4.76. The quantitative estimate of drug-likeness (QED) is 0.778. The maximum absolute atomic E-state index is 12.2. The van der Waals surface area contributed by atoms with Crippen molar-refractivity contribution in [1.82, 2.24) is 9.80 Å². The van der Waals surface area contributed by atoms with E-state index in [0.29, 0.717) is 39.0 Å². The van der Waals surface area contributed by atoms with Crippen molar-refractivity contribution in [2.24, 2.45) is 5.41 Å². The van der Waals surface area contributed by atoms with Gasteiger partial charge in [-0.25, -0.2) is 4.79 Å². The van der Waals surface area contributed by atoms with E-state index in [2.05, 4.69) is 6.58 Å². The van der Waals surface area contributed by atoms with Crippen molar-refractivity contribution in [3.05, 3.63) is 12.7 Å². The van der Waals surface area contributed by atoms with Crippen LogP contribution in [0.25, 0.3) is 0 Å². The van der Waals surface area contributed by atoms with Crippen molar-refractivity contribution in [3.63, 3.8) is 0 Å². The molecule has 1 N–H and O–H groups in total. The highest BCUT2D eigenvalue weighted by Gasteiger charge is 2.38. The summed E-state index contributed by atoms with van der Waals surface area (Å²) in [5.41, 5.74) is -0.688. The zero-order chi connectivity index (χ0) is 13.8. The first-order chi connectivity index (χ1) is 8.44. The molecule has 0 aromatic heterocycles. The van der Waals surface area contributed by atoms with E-state index < -0.39 is 11.4 Å². The molecule has 0 aromatic rings. The maximum Gasteiger partial charge on any atom is 0.320 e. The van der Waals surface area contributed by atoms with Crippen LogP contribution in [0.15, 0.2) is 12.7 Å². The minimum absolute atomic E-state index is 0.0233. The molecule has 1 heterocycles. The van der Waals surface area contributed by atoms with Crippen LogP contribution in [0.1, 0.15) is 26.7 Å². The van der Waals surface area contributed by atoms with Gasteiger partial charge in [0.2, 0.25) is 0 Å². The van der Waals surface area contributed by atoms with Crippen molar-refractivity contribution in [2.75, 3.05) is 26.2 Å². The lowest BCUT2D eigenvalue weighted by Crippen LogP contribution is -2.50. The molecule has 1 aliphatic heterocycles. The highest BCUT2D eigenvalue weighted by atomic mass is 16.4. The number of likely N-dealkylation sites (N-methyl/N-ethyl adjacent to an activating group) is 1. The third-order valence-electron chi connectivity index (χ3n) is 3.66. The normalized spacial score (nSPS) is 18.2. The van der Waals surface area contributed by atoms with E-state index in [-0.39, 0.29) is 6.03 Å². The number of carbonyl (C=O) groups is 2. The molecule has 1 aliphatic rings. The summed E-state index contributed by atoms with van der Waals surface area (Å²) < 4.78 is 0. The van der Waals surface area contributed by atoms with Gasteiger partial charge in [-0.15, -0.1) is 6.58 Å². The number of carbonyl (C=O) groups excluding carboxylic acids is 1. The van der Waals surface area contributed by atoms with Crippen LogP contribution in [-0.4, -0.2) is 53.1 Å². The zero-order valence-electron chi connectivity index (χ0n) is 11.2. The maximum atomic E-state index is 12.2. The first-order valence-electron chi connectivity index (χ1n) is 6.32. The standard InChI is InChI=1S/C13H22N2O3/c1-4-8-14(5-2)12(18)15-9-6-13(3,7-10-15)11(16)17/h4H,1,5-10H2,2-3H3,(H,16,17). The van der Waals surface area contributed by atoms with E-state index in [9.17, 15) is 9.59 Å². The molecule has 0 aliphatic carbocycles. The van der Waals surface area contributed by atoms with Gasteiger partial charge < -0.3 is 14.9 Å². The minimum atomic E-state index is -0.770. The van der Waals surface area contributed by atoms with Gasteiger partial charge in [0.25, 0.3) is 0 Å². The van der Waals surface area contributed by atoms with Gasteiger partial charge in [-0.05, 0) is 26.7 Å². The van der Waals surface area contributed by atoms with E-state index in [0.717, 1.165) is 0 Å². The number of hydrogen-bond acceptors (Lipinski definition) is 2. The Bertz CT molecular complexity index is 333. The molecule has 1 rings (SSSR count). The monoisotopic (exact) mass is 254 g/mol. The number of carboxylic acid groups (broad SMARTS) is 1. The van der Waals surface area contributed by atoms with Crippen molar-refractivity contribution in [2.45, 2.75) is 26.7 Å². The molecular weight excluding hydrogens is 232 g/mol. The average molecular weight is 254 g/mol. The molecule has 0 unspecified atom stereocenters. The first-order valence-corrected chi connectivity index (χ1v) is 6.32. The van der Waals surface area contributed by atoms with E-state index in [1.54, 1.807) is 22.8 Å². The van der Waals surface area contributed by atoms with Crippen LogP contribution in [0.4, 0.5) is 4.79 Å². The number of rotatable bonds is 4. The van der Waals surface area contributed by atoms with E-state index in [4.69, 9.17) is 5.11 Å². The zero-order valence-corrected chi connectivity index (χ0v) is 11.2. The lowest BCUT2D eigenvalue weighted by molar-refractivity contribution is -0.150. The number of aliphatic carboxylic acids is 1. The number of nitrogens with zero attached hydrogens (tertiary/aromatic N) is 2. The molecule has 1 saturated heterocycles. The van der Waals surface area contributed by atoms with Crippen LogP contribution in [-0.2, 0) is 4.79 Å². The predicted molar refractivity (Wildman–Crippen MR) is 69.4 cm³/mol. The highest BCUT2D eigenvalue weighted by Crippen LogP contribution is 2.31. The fraction of sp³-hybridized carbons (Fsp3) is 0.692. The average Bonchev–Trinajstić information content (AvgIpc) is 2.36. The van der Waals surface area contributed by atoms with E-state index in [1.165, 1.54) is 0 Å². The number of urea groups is 1. The van der Waals surface area contributed by atoms with Gasteiger partial charge >= 0.3 is 12.0 Å². The second-order valence-corrected chi connectivity index (χ2v) is 4.96. The van der Waals surface area contributed by atoms with Crippen molar-refractivity contribution in [3.8, 4) is 0 Å². The van der Waals surface area contributed by atoms with Crippen LogP contribution in [0.2, 0.25) is 0 Å². The van der Waals surface area contributed by atoms with Gasteiger partial charge in [-0.2, -0.15) is 0 Å². The molecule has 2 amide bonds. The van der Waals surface area contributed by atoms with Crippen LogP contribution in [0, 0.1) is 5.41 Å². The van der Waals surface area contributed by atoms with Gasteiger partial charge in [0.05, 0.1) is 5.41 Å². The van der Waals surface area contributed by atoms with E-state index in [1.807, 2.05) is 6.92 Å². The third-order valence-corrected chi connectivity index (χ3v) is 3.66. The molecule has 0 bridgehead atoms. The Morgan fingerprint density at radius 1 is 1.44 bits per heavy atom. The SMILES string of the molecule is C=CCN(CC)C(=O)N1CCC(C)(C(=O)O)CC1. The lowest BCUT2D eigenvalue weighted by atomic mass is 9.80. The van der Waals surface area contributed by atoms with Crippen LogP contribution < -0.4 is 0 Å². The Balaban J connectivity index is 2.59. The molecule has 0 saturated carbocycles. The highest BCUT2D eigenvalue weighted by molar-refractivity contribution is 5.77. The molecule has 5 heteroatoms. The van der Waals surface area contributed by atoms with Gasteiger partial charge in [-0.1, -0.05) is 6.08 Å². The smallest absolute Gasteiger partial charge is 0.320 e. The number of hydrogen-bond donors (Lipinski definition) is 1. The van der Waals surface area contributed by atoms with Gasteiger partial charge in [-0.3, -0.25) is 4.79 Å². The minimum Gasteiger partial charge on any atom is -0.481 e. The molecule has 0 aromatic carbocycles. The van der Waals surface area contributed by atoms with Crippen molar-refractivity contribution >= 4 is 12.0 Å². The Morgan fingerprint density at radius 2 is 2.00 bits per heavy atom. The molecule has 0 atom stereocenters. The molecule has 1 fully saturated rings. The fourth-order valence-corrected chi connectivity index (χ4v) is 2.10. The fourth-order valence-electron chi connectivity index (χ4n) is 2.10. The number of amides is 2. The summed E-state index contributed by atoms with van der Waals surface area (Å²) in [6, 6.07) is -0.0233. The van der Waals surface area contributed by atoms with Crippen molar-refractivity contribution < 1.29 is 14.7 Å². The topological polar surface area (TPSA) is 60.9 Å². The molecule has 18 heavy (non-hydrogen) atoms. The largest absolute Gasteiger partial charge is 0.481 e. The summed E-state index contributed by atoms with van der Waals surface area (Å²) in [7, 11) is 0. The number of likely N-dealkylation sites (tertiary alicyclic amines) is 1. The Morgan fingerprint density at radius 3 is 2.39 bits per heavy atom. The van der Waals surface area contributed by atoms with Gasteiger partial charge in [0, 0.05) is 26.2 Å². The molecule has 0 radical (unpaired) electrons. The number of carboxylic acids is 1.